The Bertz CT molecular complexity index is 331. The van der Waals surface area contributed by atoms with Crippen molar-refractivity contribution < 1.29 is 0 Å². The molecule has 0 saturated heterocycles. The second-order valence-electron chi connectivity index (χ2n) is 4.94. The minimum Gasteiger partial charge on any atom is -0.299 e. The summed E-state index contributed by atoms with van der Waals surface area (Å²) in [4.78, 5) is 2.65. The van der Waals surface area contributed by atoms with E-state index in [1.807, 2.05) is 17.9 Å². The smallest absolute Gasteiger partial charge is 0.0522 e. The fourth-order valence-electron chi connectivity index (χ4n) is 2.73. The lowest BCUT2D eigenvalue weighted by molar-refractivity contribution is 0.214. The van der Waals surface area contributed by atoms with Crippen molar-refractivity contribution in [2.45, 2.75) is 38.1 Å². The van der Waals surface area contributed by atoms with Gasteiger partial charge in [-0.15, -0.1) is 0 Å². The van der Waals surface area contributed by atoms with Crippen LogP contribution in [0.2, 0.25) is 0 Å². The van der Waals surface area contributed by atoms with Crippen LogP contribution in [0.15, 0.2) is 12.4 Å². The molecule has 0 aliphatic heterocycles. The summed E-state index contributed by atoms with van der Waals surface area (Å²) in [6.07, 6.45) is 10.8. The van der Waals surface area contributed by atoms with Gasteiger partial charge in [0.25, 0.3) is 0 Å². The summed E-state index contributed by atoms with van der Waals surface area (Å²) >= 11 is 3.57. The van der Waals surface area contributed by atoms with Crippen molar-refractivity contribution in [3.63, 3.8) is 0 Å². The van der Waals surface area contributed by atoms with E-state index in [9.17, 15) is 0 Å². The summed E-state index contributed by atoms with van der Waals surface area (Å²) in [5.41, 5.74) is 1.35. The molecule has 1 fully saturated rings. The SMILES string of the molecule is Cn1cc(CCN(CCBr)C2CCCC2)cn1. The highest BCUT2D eigenvalue weighted by Crippen LogP contribution is 2.23. The lowest BCUT2D eigenvalue weighted by atomic mass is 10.1. The molecular weight excluding hydrogens is 278 g/mol. The summed E-state index contributed by atoms with van der Waals surface area (Å²) in [5, 5.41) is 5.31. The maximum atomic E-state index is 4.23. The fourth-order valence-corrected chi connectivity index (χ4v) is 3.18. The molecule has 0 spiro atoms. The average Bonchev–Trinajstić information content (AvgIpc) is 2.95. The highest BCUT2D eigenvalue weighted by atomic mass is 79.9. The van der Waals surface area contributed by atoms with Crippen LogP contribution in [0.3, 0.4) is 0 Å². The molecule has 96 valence electrons. The average molecular weight is 300 g/mol. The van der Waals surface area contributed by atoms with Crippen molar-refractivity contribution in [3.05, 3.63) is 18.0 Å². The van der Waals surface area contributed by atoms with Crippen molar-refractivity contribution >= 4 is 15.9 Å². The molecule has 0 amide bonds. The van der Waals surface area contributed by atoms with Crippen LogP contribution in [0.4, 0.5) is 0 Å². The van der Waals surface area contributed by atoms with E-state index in [0.717, 1.165) is 17.8 Å². The lowest BCUT2D eigenvalue weighted by Crippen LogP contribution is -2.36. The zero-order valence-electron chi connectivity index (χ0n) is 10.6. The number of hydrogen-bond donors (Lipinski definition) is 0. The maximum absolute atomic E-state index is 4.23. The van der Waals surface area contributed by atoms with E-state index >= 15 is 0 Å². The Kier molecular flexibility index (Phi) is 5.04. The monoisotopic (exact) mass is 299 g/mol. The molecule has 0 unspecified atom stereocenters. The van der Waals surface area contributed by atoms with Crippen molar-refractivity contribution in [2.24, 2.45) is 7.05 Å². The van der Waals surface area contributed by atoms with Gasteiger partial charge < -0.3 is 0 Å². The molecule has 3 nitrogen and oxygen atoms in total. The minimum absolute atomic E-state index is 0.823. The molecule has 1 aliphatic carbocycles. The van der Waals surface area contributed by atoms with Gasteiger partial charge in [-0.3, -0.25) is 9.58 Å². The predicted octanol–water partition coefficient (Wildman–Crippen LogP) is 2.60. The van der Waals surface area contributed by atoms with Gasteiger partial charge >= 0.3 is 0 Å². The van der Waals surface area contributed by atoms with Crippen LogP contribution >= 0.6 is 15.9 Å². The number of hydrogen-bond acceptors (Lipinski definition) is 2. The molecule has 0 bridgehead atoms. The van der Waals surface area contributed by atoms with Gasteiger partial charge in [0.1, 0.15) is 0 Å². The van der Waals surface area contributed by atoms with Crippen LogP contribution in [0.5, 0.6) is 0 Å². The molecule has 0 atom stereocenters. The number of halogens is 1. The highest BCUT2D eigenvalue weighted by molar-refractivity contribution is 9.09. The Morgan fingerprint density at radius 3 is 2.76 bits per heavy atom. The number of nitrogens with zero attached hydrogens (tertiary/aromatic N) is 3. The van der Waals surface area contributed by atoms with E-state index in [1.54, 1.807) is 0 Å². The Hall–Kier alpha value is -0.350. The van der Waals surface area contributed by atoms with E-state index in [1.165, 1.54) is 44.3 Å². The molecule has 1 aromatic heterocycles. The van der Waals surface area contributed by atoms with Crippen molar-refractivity contribution in [1.82, 2.24) is 14.7 Å². The van der Waals surface area contributed by atoms with Gasteiger partial charge in [-0.2, -0.15) is 5.10 Å². The molecule has 1 aliphatic rings. The van der Waals surface area contributed by atoms with Crippen LogP contribution in [0.1, 0.15) is 31.2 Å². The van der Waals surface area contributed by atoms with E-state index in [4.69, 9.17) is 0 Å². The van der Waals surface area contributed by atoms with E-state index in [0.29, 0.717) is 0 Å². The van der Waals surface area contributed by atoms with E-state index < -0.39 is 0 Å². The lowest BCUT2D eigenvalue weighted by Gasteiger charge is -2.27. The van der Waals surface area contributed by atoms with Gasteiger partial charge in [0.15, 0.2) is 0 Å². The van der Waals surface area contributed by atoms with Gasteiger partial charge in [-0.1, -0.05) is 28.8 Å². The van der Waals surface area contributed by atoms with E-state index in [-0.39, 0.29) is 0 Å². The van der Waals surface area contributed by atoms with E-state index in [2.05, 4.69) is 32.1 Å². The van der Waals surface area contributed by atoms with Gasteiger partial charge in [0.05, 0.1) is 6.20 Å². The molecule has 4 heteroatoms. The molecule has 0 radical (unpaired) electrons. The normalized spacial score (nSPS) is 17.1. The van der Waals surface area contributed by atoms with Crippen LogP contribution < -0.4 is 0 Å². The summed E-state index contributed by atoms with van der Waals surface area (Å²) in [7, 11) is 1.98. The maximum Gasteiger partial charge on any atom is 0.0522 e. The summed E-state index contributed by atoms with van der Waals surface area (Å²) in [6, 6.07) is 0.823. The molecule has 1 saturated carbocycles. The Morgan fingerprint density at radius 2 is 2.18 bits per heavy atom. The number of aromatic nitrogens is 2. The molecule has 1 heterocycles. The first-order valence-corrected chi connectivity index (χ1v) is 7.69. The van der Waals surface area contributed by atoms with Crippen molar-refractivity contribution in [1.29, 1.82) is 0 Å². The van der Waals surface area contributed by atoms with Crippen LogP contribution in [-0.4, -0.2) is 39.1 Å². The first-order chi connectivity index (χ1) is 8.29. The zero-order chi connectivity index (χ0) is 12.1. The zero-order valence-corrected chi connectivity index (χ0v) is 12.2. The molecule has 2 rings (SSSR count). The molecular formula is C13H22BrN3. The summed E-state index contributed by atoms with van der Waals surface area (Å²) in [5.74, 6) is 0. The standard InChI is InChI=1S/C13H22BrN3/c1-16-11-12(10-15-16)6-8-17(9-7-14)13-4-2-3-5-13/h10-11,13H,2-9H2,1H3. The van der Waals surface area contributed by atoms with Gasteiger partial charge in [0, 0.05) is 37.7 Å². The second kappa shape index (κ2) is 6.55. The quantitative estimate of drug-likeness (QED) is 0.753. The van der Waals surface area contributed by atoms with Crippen LogP contribution in [0, 0.1) is 0 Å². The third kappa shape index (κ3) is 3.81. The van der Waals surface area contributed by atoms with Crippen molar-refractivity contribution in [2.75, 3.05) is 18.4 Å². The molecule has 0 N–H and O–H groups in total. The van der Waals surface area contributed by atoms with Crippen LogP contribution in [0.25, 0.3) is 0 Å². The second-order valence-corrected chi connectivity index (χ2v) is 5.73. The Labute approximate surface area is 112 Å². The molecule has 1 aromatic rings. The summed E-state index contributed by atoms with van der Waals surface area (Å²) in [6.45, 7) is 2.34. The molecule has 0 aromatic carbocycles. The largest absolute Gasteiger partial charge is 0.299 e. The van der Waals surface area contributed by atoms with Crippen molar-refractivity contribution in [3.8, 4) is 0 Å². The number of aryl methyl sites for hydroxylation is 1. The van der Waals surface area contributed by atoms with Gasteiger partial charge in [-0.25, -0.2) is 0 Å². The fraction of sp³-hybridized carbons (Fsp3) is 0.769. The van der Waals surface area contributed by atoms with Crippen LogP contribution in [-0.2, 0) is 13.5 Å². The molecule has 17 heavy (non-hydrogen) atoms. The Morgan fingerprint density at radius 1 is 1.41 bits per heavy atom. The third-order valence-corrected chi connectivity index (χ3v) is 4.01. The third-order valence-electron chi connectivity index (χ3n) is 3.66. The number of rotatable bonds is 6. The first kappa shape index (κ1) is 13.1. The summed E-state index contributed by atoms with van der Waals surface area (Å²) < 4.78 is 1.89. The minimum atomic E-state index is 0.823. The first-order valence-electron chi connectivity index (χ1n) is 6.57. The highest BCUT2D eigenvalue weighted by Gasteiger charge is 2.21. The van der Waals surface area contributed by atoms with Gasteiger partial charge in [-0.05, 0) is 24.8 Å². The predicted molar refractivity (Wildman–Crippen MR) is 74.5 cm³/mol. The Balaban J connectivity index is 1.84. The number of alkyl halides is 1. The van der Waals surface area contributed by atoms with Gasteiger partial charge in [0.2, 0.25) is 0 Å². The topological polar surface area (TPSA) is 21.1 Å².